The molecule has 216 valence electrons. The predicted molar refractivity (Wildman–Crippen MR) is 166 cm³/mol. The van der Waals surface area contributed by atoms with Crippen LogP contribution in [0.25, 0.3) is 32.0 Å². The Morgan fingerprint density at radius 1 is 0.837 bits per heavy atom. The van der Waals surface area contributed by atoms with Gasteiger partial charge in [0, 0.05) is 28.3 Å². The van der Waals surface area contributed by atoms with Gasteiger partial charge in [-0.2, -0.15) is 11.8 Å². The van der Waals surface area contributed by atoms with Gasteiger partial charge in [0.15, 0.2) is 5.82 Å². The molecule has 2 N–H and O–H groups in total. The number of fused-ring (bicyclic) bond motifs is 3. The van der Waals surface area contributed by atoms with Crippen molar-refractivity contribution >= 4 is 72.6 Å². The lowest BCUT2D eigenvalue weighted by Gasteiger charge is -2.20. The standard InChI is InChI=1S/C32H23F3N4O2S2/c33-19-14-23(35)31-27(15-19)43-29(38-31)17-42-16-26(37-28(40)13-18-7-1-4-10-22(18)34)32(41)39-30-20-8-2-5-11-24(20)36-25-12-6-3-9-21(25)30/h1-12,14-15,26H,13,16-17H2,(H,37,40)(H,36,39,41). The zero-order valence-electron chi connectivity index (χ0n) is 22.4. The van der Waals surface area contributed by atoms with E-state index in [-0.39, 0.29) is 23.3 Å². The maximum Gasteiger partial charge on any atom is 0.247 e. The molecule has 0 fully saturated rings. The molecule has 1 atom stereocenters. The molecule has 0 aliphatic rings. The maximum absolute atomic E-state index is 14.2. The Morgan fingerprint density at radius 2 is 1.51 bits per heavy atom. The second-order valence-electron chi connectivity index (χ2n) is 9.76. The molecule has 2 heterocycles. The minimum absolute atomic E-state index is 0.0888. The smallest absolute Gasteiger partial charge is 0.247 e. The zero-order chi connectivity index (χ0) is 29.9. The summed E-state index contributed by atoms with van der Waals surface area (Å²) in [5.41, 5.74) is 2.26. The van der Waals surface area contributed by atoms with Crippen LogP contribution in [0.3, 0.4) is 0 Å². The number of hydrogen-bond acceptors (Lipinski definition) is 6. The summed E-state index contributed by atoms with van der Waals surface area (Å²) in [5, 5.41) is 7.79. The van der Waals surface area contributed by atoms with Crippen molar-refractivity contribution in [2.45, 2.75) is 18.2 Å². The van der Waals surface area contributed by atoms with E-state index >= 15 is 0 Å². The first-order valence-corrected chi connectivity index (χ1v) is 15.3. The summed E-state index contributed by atoms with van der Waals surface area (Å²) in [5.74, 6) is -2.48. The molecule has 0 saturated heterocycles. The summed E-state index contributed by atoms with van der Waals surface area (Å²) in [6.45, 7) is 0. The van der Waals surface area contributed by atoms with Gasteiger partial charge < -0.3 is 10.6 Å². The lowest BCUT2D eigenvalue weighted by Crippen LogP contribution is -2.46. The van der Waals surface area contributed by atoms with E-state index in [4.69, 9.17) is 4.98 Å². The normalized spacial score (nSPS) is 12.1. The molecule has 0 aliphatic carbocycles. The van der Waals surface area contributed by atoms with Crippen LogP contribution in [0, 0.1) is 17.5 Å². The van der Waals surface area contributed by atoms with Crippen LogP contribution >= 0.6 is 23.1 Å². The van der Waals surface area contributed by atoms with E-state index in [2.05, 4.69) is 15.6 Å². The van der Waals surface area contributed by atoms with E-state index in [1.807, 2.05) is 48.5 Å². The maximum atomic E-state index is 14.2. The van der Waals surface area contributed by atoms with Crippen LogP contribution in [-0.4, -0.2) is 33.6 Å². The van der Waals surface area contributed by atoms with Gasteiger partial charge in [-0.1, -0.05) is 54.6 Å². The Morgan fingerprint density at radius 3 is 2.23 bits per heavy atom. The second kappa shape index (κ2) is 12.4. The van der Waals surface area contributed by atoms with Gasteiger partial charge in [-0.15, -0.1) is 11.3 Å². The molecular weight excluding hydrogens is 594 g/mol. The highest BCUT2D eigenvalue weighted by atomic mass is 32.2. The molecule has 43 heavy (non-hydrogen) atoms. The Hall–Kier alpha value is -4.48. The zero-order valence-corrected chi connectivity index (χ0v) is 24.1. The number of anilines is 1. The lowest BCUT2D eigenvalue weighted by atomic mass is 10.1. The fourth-order valence-corrected chi connectivity index (χ4v) is 6.87. The van der Waals surface area contributed by atoms with Crippen LogP contribution in [-0.2, 0) is 21.8 Å². The Labute approximate surface area is 252 Å². The number of nitrogens with zero attached hydrogens (tertiary/aromatic N) is 2. The number of thioether (sulfide) groups is 1. The Kier molecular flexibility index (Phi) is 8.26. The SMILES string of the molecule is O=C(Cc1ccccc1F)NC(CSCc1nc2c(F)cc(F)cc2s1)C(=O)Nc1c2ccccc2nc2ccccc12. The van der Waals surface area contributed by atoms with Crippen molar-refractivity contribution < 1.29 is 22.8 Å². The number of carbonyl (C=O) groups is 2. The summed E-state index contributed by atoms with van der Waals surface area (Å²) in [6, 6.07) is 21.8. The number of amides is 2. The molecule has 0 bridgehead atoms. The highest BCUT2D eigenvalue weighted by Crippen LogP contribution is 2.31. The number of carbonyl (C=O) groups excluding carboxylic acids is 2. The third kappa shape index (κ3) is 6.32. The molecule has 2 aromatic heterocycles. The van der Waals surface area contributed by atoms with Gasteiger partial charge in [0.2, 0.25) is 11.8 Å². The summed E-state index contributed by atoms with van der Waals surface area (Å²) in [6.07, 6.45) is -0.245. The van der Waals surface area contributed by atoms with Crippen molar-refractivity contribution in [3.05, 3.63) is 113 Å². The molecule has 6 rings (SSSR count). The quantitative estimate of drug-likeness (QED) is 0.171. The average Bonchev–Trinajstić information content (AvgIpc) is 3.40. The van der Waals surface area contributed by atoms with Crippen molar-refractivity contribution in [1.82, 2.24) is 15.3 Å². The van der Waals surface area contributed by atoms with Crippen LogP contribution in [0.2, 0.25) is 0 Å². The number of thiazole rings is 1. The van der Waals surface area contributed by atoms with Crippen molar-refractivity contribution in [2.24, 2.45) is 0 Å². The topological polar surface area (TPSA) is 84.0 Å². The van der Waals surface area contributed by atoms with Gasteiger partial charge in [0.05, 0.1) is 27.8 Å². The number of nitrogens with one attached hydrogen (secondary N) is 2. The van der Waals surface area contributed by atoms with E-state index in [0.717, 1.165) is 28.2 Å². The minimum Gasteiger partial charge on any atom is -0.343 e. The molecule has 2 amide bonds. The first kappa shape index (κ1) is 28.6. The van der Waals surface area contributed by atoms with Gasteiger partial charge in [-0.25, -0.2) is 23.1 Å². The molecule has 4 aromatic carbocycles. The van der Waals surface area contributed by atoms with Crippen LogP contribution in [0.5, 0.6) is 0 Å². The van der Waals surface area contributed by atoms with Crippen LogP contribution in [0.4, 0.5) is 18.9 Å². The third-order valence-electron chi connectivity index (χ3n) is 6.76. The molecule has 6 aromatic rings. The van der Waals surface area contributed by atoms with Crippen molar-refractivity contribution in [2.75, 3.05) is 11.1 Å². The third-order valence-corrected chi connectivity index (χ3v) is 9.00. The predicted octanol–water partition coefficient (Wildman–Crippen LogP) is 7.01. The summed E-state index contributed by atoms with van der Waals surface area (Å²) >= 11 is 2.47. The highest BCUT2D eigenvalue weighted by Gasteiger charge is 2.24. The summed E-state index contributed by atoms with van der Waals surface area (Å²) < 4.78 is 42.4. The average molecular weight is 617 g/mol. The summed E-state index contributed by atoms with van der Waals surface area (Å²) in [4.78, 5) is 35.8. The fraction of sp³-hybridized carbons (Fsp3) is 0.125. The molecule has 1 unspecified atom stereocenters. The molecule has 0 saturated carbocycles. The highest BCUT2D eigenvalue weighted by molar-refractivity contribution is 7.98. The van der Waals surface area contributed by atoms with Crippen LogP contribution < -0.4 is 10.6 Å². The van der Waals surface area contributed by atoms with Gasteiger partial charge in [0.25, 0.3) is 0 Å². The second-order valence-corrected chi connectivity index (χ2v) is 11.9. The number of benzene rings is 4. The van der Waals surface area contributed by atoms with E-state index in [1.165, 1.54) is 36.0 Å². The van der Waals surface area contributed by atoms with E-state index in [0.29, 0.717) is 32.2 Å². The van der Waals surface area contributed by atoms with Gasteiger partial charge in [-0.05, 0) is 29.8 Å². The molecule has 0 spiro atoms. The number of hydrogen-bond donors (Lipinski definition) is 2. The Bertz CT molecular complexity index is 1950. The lowest BCUT2D eigenvalue weighted by molar-refractivity contribution is -0.125. The fourth-order valence-electron chi connectivity index (χ4n) is 4.76. The van der Waals surface area contributed by atoms with E-state index in [9.17, 15) is 22.8 Å². The number of aromatic nitrogens is 2. The van der Waals surface area contributed by atoms with Gasteiger partial charge >= 0.3 is 0 Å². The first-order valence-electron chi connectivity index (χ1n) is 13.3. The summed E-state index contributed by atoms with van der Waals surface area (Å²) in [7, 11) is 0. The number of rotatable bonds is 9. The van der Waals surface area contributed by atoms with E-state index in [1.54, 1.807) is 6.07 Å². The van der Waals surface area contributed by atoms with Crippen LogP contribution in [0.1, 0.15) is 10.6 Å². The molecule has 0 radical (unpaired) electrons. The van der Waals surface area contributed by atoms with Gasteiger partial charge in [0.1, 0.15) is 28.2 Å². The minimum atomic E-state index is -1.00. The van der Waals surface area contributed by atoms with E-state index < -0.39 is 35.3 Å². The van der Waals surface area contributed by atoms with Gasteiger partial charge in [-0.3, -0.25) is 9.59 Å². The molecule has 0 aliphatic heterocycles. The van der Waals surface area contributed by atoms with Crippen molar-refractivity contribution in [1.29, 1.82) is 0 Å². The molecular formula is C32H23F3N4O2S2. The Balaban J connectivity index is 1.25. The van der Waals surface area contributed by atoms with Crippen molar-refractivity contribution in [3.63, 3.8) is 0 Å². The number of halogens is 3. The van der Waals surface area contributed by atoms with Crippen molar-refractivity contribution in [3.8, 4) is 0 Å². The number of pyridine rings is 1. The number of para-hydroxylation sites is 2. The first-order chi connectivity index (χ1) is 20.9. The largest absolute Gasteiger partial charge is 0.343 e. The monoisotopic (exact) mass is 616 g/mol. The van der Waals surface area contributed by atoms with Crippen LogP contribution in [0.15, 0.2) is 84.9 Å². The molecule has 6 nitrogen and oxygen atoms in total. The molecule has 11 heteroatoms.